The number of nitrogens with zero attached hydrogens (tertiary/aromatic N) is 3. The normalized spacial score (nSPS) is 10.9. The second kappa shape index (κ2) is 5.69. The number of aryl methyl sites for hydroxylation is 1. The van der Waals surface area contributed by atoms with E-state index in [0.717, 1.165) is 13.1 Å². The van der Waals surface area contributed by atoms with Crippen LogP contribution < -0.4 is 5.32 Å². The lowest BCUT2D eigenvalue weighted by atomic mass is 10.1. The molecule has 0 aliphatic carbocycles. The van der Waals surface area contributed by atoms with Crippen molar-refractivity contribution >= 4 is 5.69 Å². The molecule has 2 rings (SSSR count). The maximum absolute atomic E-state index is 4.17. The quantitative estimate of drug-likeness (QED) is 0.874. The second-order valence-electron chi connectivity index (χ2n) is 4.69. The van der Waals surface area contributed by atoms with Gasteiger partial charge in [-0.05, 0) is 31.8 Å². The summed E-state index contributed by atoms with van der Waals surface area (Å²) in [5, 5.41) is 7.64. The molecule has 0 aliphatic rings. The summed E-state index contributed by atoms with van der Waals surface area (Å²) in [7, 11) is 6.12. The third-order valence-electron chi connectivity index (χ3n) is 2.89. The molecule has 1 N–H and O–H groups in total. The minimum atomic E-state index is 0.793. The van der Waals surface area contributed by atoms with Crippen molar-refractivity contribution in [2.75, 3.05) is 19.4 Å². The van der Waals surface area contributed by atoms with E-state index in [2.05, 4.69) is 53.7 Å². The number of hydrogen-bond acceptors (Lipinski definition) is 3. The Balaban J connectivity index is 2.07. The van der Waals surface area contributed by atoms with Gasteiger partial charge in [-0.2, -0.15) is 5.10 Å². The Hall–Kier alpha value is -1.81. The first-order valence-corrected chi connectivity index (χ1v) is 6.10. The Bertz CT molecular complexity index is 502. The minimum Gasteiger partial charge on any atom is -0.379 e. The molecule has 0 fully saturated rings. The Morgan fingerprint density at radius 1 is 1.22 bits per heavy atom. The van der Waals surface area contributed by atoms with Crippen LogP contribution in [0.4, 0.5) is 5.69 Å². The molecule has 0 saturated carbocycles. The Morgan fingerprint density at radius 2 is 2.00 bits per heavy atom. The number of rotatable bonds is 5. The van der Waals surface area contributed by atoms with Gasteiger partial charge in [0.05, 0.1) is 12.2 Å². The molecule has 4 nitrogen and oxygen atoms in total. The Kier molecular flexibility index (Phi) is 3.99. The summed E-state index contributed by atoms with van der Waals surface area (Å²) in [6.07, 6.45) is 1.82. The number of para-hydroxylation sites is 1. The molecule has 2 aromatic rings. The zero-order chi connectivity index (χ0) is 13.0. The Morgan fingerprint density at radius 3 is 2.67 bits per heavy atom. The van der Waals surface area contributed by atoms with E-state index in [-0.39, 0.29) is 0 Å². The molecule has 1 aromatic heterocycles. The molecule has 0 aliphatic heterocycles. The van der Waals surface area contributed by atoms with Crippen molar-refractivity contribution in [2.45, 2.75) is 13.1 Å². The van der Waals surface area contributed by atoms with Gasteiger partial charge in [-0.3, -0.25) is 4.68 Å². The lowest BCUT2D eigenvalue weighted by Crippen LogP contribution is -2.13. The average molecular weight is 244 g/mol. The van der Waals surface area contributed by atoms with Crippen molar-refractivity contribution in [1.29, 1.82) is 0 Å². The highest BCUT2D eigenvalue weighted by atomic mass is 15.3. The third-order valence-corrected chi connectivity index (χ3v) is 2.89. The van der Waals surface area contributed by atoms with Crippen LogP contribution in [-0.4, -0.2) is 28.8 Å². The lowest BCUT2D eigenvalue weighted by molar-refractivity contribution is 0.403. The third kappa shape index (κ3) is 3.11. The zero-order valence-corrected chi connectivity index (χ0v) is 11.2. The first-order chi connectivity index (χ1) is 8.66. The van der Waals surface area contributed by atoms with Gasteiger partial charge in [-0.25, -0.2) is 0 Å². The maximum atomic E-state index is 4.17. The van der Waals surface area contributed by atoms with Crippen LogP contribution in [0, 0.1) is 0 Å². The smallest absolute Gasteiger partial charge is 0.0571 e. The molecule has 0 saturated heterocycles. The van der Waals surface area contributed by atoms with Gasteiger partial charge in [0.1, 0.15) is 0 Å². The summed E-state index contributed by atoms with van der Waals surface area (Å²) in [5.41, 5.74) is 3.67. The number of hydrogen-bond donors (Lipinski definition) is 1. The van der Waals surface area contributed by atoms with E-state index >= 15 is 0 Å². The van der Waals surface area contributed by atoms with Crippen LogP contribution in [-0.2, 0) is 20.1 Å². The molecule has 0 radical (unpaired) electrons. The fourth-order valence-corrected chi connectivity index (χ4v) is 1.93. The van der Waals surface area contributed by atoms with Gasteiger partial charge in [0.15, 0.2) is 0 Å². The second-order valence-corrected chi connectivity index (χ2v) is 4.69. The largest absolute Gasteiger partial charge is 0.379 e. The molecule has 1 heterocycles. The first kappa shape index (κ1) is 12.6. The molecule has 0 unspecified atom stereocenters. The van der Waals surface area contributed by atoms with Crippen LogP contribution in [0.5, 0.6) is 0 Å². The van der Waals surface area contributed by atoms with Crippen molar-refractivity contribution in [3.8, 4) is 0 Å². The number of aromatic nitrogens is 2. The Labute approximate surface area is 108 Å². The summed E-state index contributed by atoms with van der Waals surface area (Å²) in [6.45, 7) is 1.73. The van der Waals surface area contributed by atoms with E-state index < -0.39 is 0 Å². The van der Waals surface area contributed by atoms with Crippen LogP contribution >= 0.6 is 0 Å². The van der Waals surface area contributed by atoms with Crippen LogP contribution in [0.15, 0.2) is 36.5 Å². The monoisotopic (exact) mass is 244 g/mol. The fraction of sp³-hybridized carbons (Fsp3) is 0.357. The topological polar surface area (TPSA) is 33.1 Å². The highest BCUT2D eigenvalue weighted by molar-refractivity contribution is 5.51. The van der Waals surface area contributed by atoms with Gasteiger partial charge in [0.2, 0.25) is 0 Å². The van der Waals surface area contributed by atoms with Crippen LogP contribution in [0.3, 0.4) is 0 Å². The molecule has 18 heavy (non-hydrogen) atoms. The summed E-state index contributed by atoms with van der Waals surface area (Å²) < 4.78 is 1.89. The number of anilines is 1. The number of benzene rings is 1. The summed E-state index contributed by atoms with van der Waals surface area (Å²) >= 11 is 0. The van der Waals surface area contributed by atoms with Crippen molar-refractivity contribution in [3.63, 3.8) is 0 Å². The molecule has 4 heteroatoms. The average Bonchev–Trinajstić information content (AvgIpc) is 2.73. The predicted molar refractivity (Wildman–Crippen MR) is 74.4 cm³/mol. The van der Waals surface area contributed by atoms with E-state index in [0.29, 0.717) is 0 Å². The van der Waals surface area contributed by atoms with Crippen molar-refractivity contribution in [1.82, 2.24) is 14.7 Å². The van der Waals surface area contributed by atoms with Crippen molar-refractivity contribution in [2.24, 2.45) is 7.05 Å². The summed E-state index contributed by atoms with van der Waals surface area (Å²) in [5.74, 6) is 0. The van der Waals surface area contributed by atoms with Crippen molar-refractivity contribution in [3.05, 3.63) is 47.8 Å². The lowest BCUT2D eigenvalue weighted by Gasteiger charge is -2.15. The SMILES string of the molecule is CN(C)Cc1ccccc1NCc1ccnn1C. The summed E-state index contributed by atoms with van der Waals surface area (Å²) in [6, 6.07) is 10.4. The van der Waals surface area contributed by atoms with E-state index in [9.17, 15) is 0 Å². The van der Waals surface area contributed by atoms with Crippen LogP contribution in [0.2, 0.25) is 0 Å². The molecule has 0 bridgehead atoms. The van der Waals surface area contributed by atoms with E-state index in [4.69, 9.17) is 0 Å². The standard InChI is InChI=1S/C14H20N4/c1-17(2)11-12-6-4-5-7-14(12)15-10-13-8-9-16-18(13)3/h4-9,15H,10-11H2,1-3H3. The maximum Gasteiger partial charge on any atom is 0.0571 e. The highest BCUT2D eigenvalue weighted by Gasteiger charge is 2.04. The van der Waals surface area contributed by atoms with Crippen LogP contribution in [0.25, 0.3) is 0 Å². The molecular formula is C14H20N4. The molecule has 1 aromatic carbocycles. The van der Waals surface area contributed by atoms with Gasteiger partial charge in [-0.1, -0.05) is 18.2 Å². The van der Waals surface area contributed by atoms with E-state index in [1.54, 1.807) is 0 Å². The van der Waals surface area contributed by atoms with E-state index in [1.807, 2.05) is 24.0 Å². The van der Waals surface area contributed by atoms with Gasteiger partial charge in [-0.15, -0.1) is 0 Å². The van der Waals surface area contributed by atoms with Crippen molar-refractivity contribution < 1.29 is 0 Å². The summed E-state index contributed by atoms with van der Waals surface area (Å²) in [4.78, 5) is 2.17. The molecule has 0 atom stereocenters. The van der Waals surface area contributed by atoms with Gasteiger partial charge >= 0.3 is 0 Å². The first-order valence-electron chi connectivity index (χ1n) is 6.10. The zero-order valence-electron chi connectivity index (χ0n) is 11.2. The van der Waals surface area contributed by atoms with Crippen LogP contribution in [0.1, 0.15) is 11.3 Å². The highest BCUT2D eigenvalue weighted by Crippen LogP contribution is 2.17. The van der Waals surface area contributed by atoms with E-state index in [1.165, 1.54) is 16.9 Å². The fourth-order valence-electron chi connectivity index (χ4n) is 1.93. The van der Waals surface area contributed by atoms with Gasteiger partial charge in [0, 0.05) is 25.5 Å². The molecular weight excluding hydrogens is 224 g/mol. The van der Waals surface area contributed by atoms with Gasteiger partial charge in [0.25, 0.3) is 0 Å². The van der Waals surface area contributed by atoms with Gasteiger partial charge < -0.3 is 10.2 Å². The minimum absolute atomic E-state index is 0.793. The molecule has 0 amide bonds. The molecule has 96 valence electrons. The number of nitrogens with one attached hydrogen (secondary N) is 1. The predicted octanol–water partition coefficient (Wildman–Crippen LogP) is 2.09. The molecule has 0 spiro atoms.